The molecule has 0 saturated carbocycles. The molecule has 150 valence electrons. The first kappa shape index (κ1) is 20.4. The molecule has 1 amide bonds. The number of thioether (sulfide) groups is 1. The number of ether oxygens (including phenoxy) is 1. The quantitative estimate of drug-likeness (QED) is 0.351. The molecule has 29 heavy (non-hydrogen) atoms. The Kier molecular flexibility index (Phi) is 6.55. The predicted molar refractivity (Wildman–Crippen MR) is 123 cm³/mol. The van der Waals surface area contributed by atoms with Crippen LogP contribution in [0.3, 0.4) is 0 Å². The summed E-state index contributed by atoms with van der Waals surface area (Å²) in [5.74, 6) is -0.121. The van der Waals surface area contributed by atoms with Crippen molar-refractivity contribution in [2.45, 2.75) is 23.8 Å². The molecule has 2 heterocycles. The molecule has 3 aromatic rings. The summed E-state index contributed by atoms with van der Waals surface area (Å²) in [4.78, 5) is 20.8. The fraction of sp³-hybridized carbons (Fsp3) is 0.273. The van der Waals surface area contributed by atoms with Crippen molar-refractivity contribution in [1.82, 2.24) is 4.98 Å². The second-order valence-electron chi connectivity index (χ2n) is 6.77. The number of nitrogens with zero attached hydrogens (tertiary/aromatic N) is 2. The van der Waals surface area contributed by atoms with Gasteiger partial charge in [-0.05, 0) is 55.0 Å². The molecule has 0 aliphatic carbocycles. The Morgan fingerprint density at radius 2 is 2.24 bits per heavy atom. The number of hydrogen-bond donors (Lipinski definition) is 0. The number of aromatic nitrogens is 1. The highest BCUT2D eigenvalue weighted by Crippen LogP contribution is 2.32. The van der Waals surface area contributed by atoms with Gasteiger partial charge in [0.25, 0.3) is 5.91 Å². The molecule has 7 heteroatoms. The lowest BCUT2D eigenvalue weighted by atomic mass is 10.2. The van der Waals surface area contributed by atoms with Gasteiger partial charge in [-0.1, -0.05) is 41.1 Å². The number of hydrogen-bond acceptors (Lipinski definition) is 5. The van der Waals surface area contributed by atoms with Gasteiger partial charge >= 0.3 is 0 Å². The van der Waals surface area contributed by atoms with Gasteiger partial charge in [-0.2, -0.15) is 0 Å². The highest BCUT2D eigenvalue weighted by molar-refractivity contribution is 7.98. The summed E-state index contributed by atoms with van der Waals surface area (Å²) in [7, 11) is 0. The summed E-state index contributed by atoms with van der Waals surface area (Å²) in [6, 6.07) is 13.7. The maximum atomic E-state index is 13.1. The monoisotopic (exact) mass is 444 g/mol. The van der Waals surface area contributed by atoms with Crippen LogP contribution in [0.5, 0.6) is 0 Å². The molecule has 1 aliphatic rings. The summed E-state index contributed by atoms with van der Waals surface area (Å²) in [5.41, 5.74) is 1.72. The molecule has 4 nitrogen and oxygen atoms in total. The molecule has 0 bridgehead atoms. The lowest BCUT2D eigenvalue weighted by Crippen LogP contribution is -2.36. The highest BCUT2D eigenvalue weighted by atomic mass is 35.5. The van der Waals surface area contributed by atoms with Crippen LogP contribution in [0.4, 0.5) is 5.13 Å². The number of anilines is 1. The van der Waals surface area contributed by atoms with E-state index in [9.17, 15) is 4.79 Å². The Morgan fingerprint density at radius 3 is 3.00 bits per heavy atom. The Morgan fingerprint density at radius 1 is 1.38 bits per heavy atom. The van der Waals surface area contributed by atoms with Crippen LogP contribution in [0.1, 0.15) is 18.4 Å². The largest absolute Gasteiger partial charge is 0.376 e. The number of amides is 1. The van der Waals surface area contributed by atoms with Crippen molar-refractivity contribution in [3.05, 3.63) is 59.1 Å². The Bertz CT molecular complexity index is 1040. The Hall–Kier alpha value is -1.86. The molecule has 0 spiro atoms. The zero-order valence-corrected chi connectivity index (χ0v) is 18.4. The SMILES string of the molecule is CSc1ccc2nc(N(CC3CCCO3)C(=O)/C=C/c3ccccc3Cl)sc2c1. The van der Waals surface area contributed by atoms with E-state index in [0.29, 0.717) is 16.7 Å². The maximum absolute atomic E-state index is 13.1. The van der Waals surface area contributed by atoms with Gasteiger partial charge in [0.2, 0.25) is 0 Å². The number of carbonyl (C=O) groups excluding carboxylic acids is 1. The van der Waals surface area contributed by atoms with Crippen LogP contribution in [0.15, 0.2) is 53.4 Å². The van der Waals surface area contributed by atoms with Crippen LogP contribution in [-0.4, -0.2) is 36.4 Å². The van der Waals surface area contributed by atoms with E-state index in [2.05, 4.69) is 18.4 Å². The van der Waals surface area contributed by atoms with Crippen molar-refractivity contribution in [3.8, 4) is 0 Å². The fourth-order valence-electron chi connectivity index (χ4n) is 3.25. The van der Waals surface area contributed by atoms with Gasteiger partial charge in [-0.25, -0.2) is 4.98 Å². The molecule has 1 aromatic heterocycles. The standard InChI is InChI=1S/C22H21ClN2O2S2/c1-28-17-9-10-19-20(13-17)29-22(24-19)25(14-16-6-4-12-27-16)21(26)11-8-15-5-2-3-7-18(15)23/h2-3,5,7-11,13,16H,4,6,12,14H2,1H3/b11-8+. The lowest BCUT2D eigenvalue weighted by molar-refractivity contribution is -0.114. The minimum Gasteiger partial charge on any atom is -0.376 e. The van der Waals surface area contributed by atoms with Crippen LogP contribution in [0.2, 0.25) is 5.02 Å². The van der Waals surface area contributed by atoms with Gasteiger partial charge in [0.05, 0.1) is 22.9 Å². The van der Waals surface area contributed by atoms with E-state index in [4.69, 9.17) is 21.3 Å². The molecular formula is C22H21ClN2O2S2. The predicted octanol–water partition coefficient (Wildman–Crippen LogP) is 5.90. The molecule has 1 aliphatic heterocycles. The van der Waals surface area contributed by atoms with Crippen LogP contribution in [-0.2, 0) is 9.53 Å². The summed E-state index contributed by atoms with van der Waals surface area (Å²) >= 11 is 9.45. The van der Waals surface area contributed by atoms with Gasteiger partial charge in [-0.3, -0.25) is 9.69 Å². The number of carbonyl (C=O) groups is 1. The molecule has 0 radical (unpaired) electrons. The molecule has 1 atom stereocenters. The van der Waals surface area contributed by atoms with Gasteiger partial charge in [0.1, 0.15) is 0 Å². The van der Waals surface area contributed by atoms with Crippen molar-refractivity contribution in [2.24, 2.45) is 0 Å². The third kappa shape index (κ3) is 4.83. The molecular weight excluding hydrogens is 424 g/mol. The summed E-state index contributed by atoms with van der Waals surface area (Å²) in [5, 5.41) is 1.31. The zero-order valence-electron chi connectivity index (χ0n) is 16.0. The lowest BCUT2D eigenvalue weighted by Gasteiger charge is -2.21. The maximum Gasteiger partial charge on any atom is 0.252 e. The highest BCUT2D eigenvalue weighted by Gasteiger charge is 2.25. The van der Waals surface area contributed by atoms with E-state index in [1.807, 2.05) is 30.3 Å². The van der Waals surface area contributed by atoms with Crippen molar-refractivity contribution >= 4 is 62.0 Å². The van der Waals surface area contributed by atoms with Crippen molar-refractivity contribution in [3.63, 3.8) is 0 Å². The minimum atomic E-state index is -0.121. The average molecular weight is 445 g/mol. The zero-order chi connectivity index (χ0) is 20.2. The van der Waals surface area contributed by atoms with Gasteiger partial charge in [0, 0.05) is 22.6 Å². The Balaban J connectivity index is 1.63. The molecule has 0 N–H and O–H groups in total. The first-order valence-corrected chi connectivity index (χ1v) is 11.9. The first-order valence-electron chi connectivity index (χ1n) is 9.44. The topological polar surface area (TPSA) is 42.4 Å². The van der Waals surface area contributed by atoms with Gasteiger partial charge < -0.3 is 4.74 Å². The van der Waals surface area contributed by atoms with Crippen LogP contribution in [0, 0.1) is 0 Å². The van der Waals surface area contributed by atoms with E-state index in [0.717, 1.165) is 35.2 Å². The van der Waals surface area contributed by atoms with Crippen molar-refractivity contribution < 1.29 is 9.53 Å². The number of fused-ring (bicyclic) bond motifs is 1. The van der Waals surface area contributed by atoms with Gasteiger partial charge in [-0.15, -0.1) is 11.8 Å². The molecule has 1 unspecified atom stereocenters. The normalized spacial score (nSPS) is 16.7. The van der Waals surface area contributed by atoms with E-state index in [1.165, 1.54) is 16.2 Å². The summed E-state index contributed by atoms with van der Waals surface area (Å²) in [6.45, 7) is 1.25. The fourth-order valence-corrected chi connectivity index (χ4v) is 4.98. The molecule has 1 saturated heterocycles. The first-order chi connectivity index (χ1) is 14.1. The summed E-state index contributed by atoms with van der Waals surface area (Å²) in [6.07, 6.45) is 7.40. The van der Waals surface area contributed by atoms with Crippen LogP contribution >= 0.6 is 34.7 Å². The van der Waals surface area contributed by atoms with Crippen molar-refractivity contribution in [2.75, 3.05) is 24.3 Å². The van der Waals surface area contributed by atoms with E-state index >= 15 is 0 Å². The van der Waals surface area contributed by atoms with Crippen molar-refractivity contribution in [1.29, 1.82) is 0 Å². The number of benzene rings is 2. The van der Waals surface area contributed by atoms with Crippen LogP contribution in [0.25, 0.3) is 16.3 Å². The van der Waals surface area contributed by atoms with E-state index in [1.54, 1.807) is 28.8 Å². The molecule has 4 rings (SSSR count). The van der Waals surface area contributed by atoms with Gasteiger partial charge in [0.15, 0.2) is 5.13 Å². The second kappa shape index (κ2) is 9.30. The minimum absolute atomic E-state index is 0.0430. The third-order valence-corrected chi connectivity index (χ3v) is 6.91. The van der Waals surface area contributed by atoms with E-state index in [-0.39, 0.29) is 12.0 Å². The second-order valence-corrected chi connectivity index (χ2v) is 9.06. The average Bonchev–Trinajstić information content (AvgIpc) is 3.40. The number of rotatable bonds is 6. The summed E-state index contributed by atoms with van der Waals surface area (Å²) < 4.78 is 6.86. The molecule has 1 fully saturated rings. The Labute approximate surface area is 183 Å². The smallest absolute Gasteiger partial charge is 0.252 e. The molecule has 2 aromatic carbocycles. The van der Waals surface area contributed by atoms with E-state index < -0.39 is 0 Å². The third-order valence-electron chi connectivity index (χ3n) is 4.80. The van der Waals surface area contributed by atoms with Crippen LogP contribution < -0.4 is 4.90 Å². The number of thiazole rings is 1. The number of halogens is 1.